The van der Waals surface area contributed by atoms with Crippen LogP contribution in [0.15, 0.2) is 0 Å². The number of hydrogen-bond donors (Lipinski definition) is 4. The van der Waals surface area contributed by atoms with Crippen LogP contribution in [0, 0.1) is 0 Å². The number of unbranched alkanes of at least 4 members (excludes halogenated alkanes) is 2. The van der Waals surface area contributed by atoms with E-state index in [-0.39, 0.29) is 6.61 Å². The molecule has 15 heavy (non-hydrogen) atoms. The lowest BCUT2D eigenvalue weighted by Crippen LogP contribution is -2.31. The van der Waals surface area contributed by atoms with E-state index in [2.05, 4.69) is 9.68 Å². The second-order valence-corrected chi connectivity index (χ2v) is 3.02. The summed E-state index contributed by atoms with van der Waals surface area (Å²) in [5, 5.41) is 32.5. The van der Waals surface area contributed by atoms with Gasteiger partial charge in [-0.25, -0.2) is 9.68 Å². The van der Waals surface area contributed by atoms with Crippen molar-refractivity contribution in [2.45, 2.75) is 38.7 Å². The highest BCUT2D eigenvalue weighted by molar-refractivity contribution is 4.54. The zero-order valence-corrected chi connectivity index (χ0v) is 8.61. The van der Waals surface area contributed by atoms with E-state index in [1.54, 1.807) is 0 Å². The standard InChI is InChI=1S/C7H18N2O6/c1-2-3-4-5-7(15-9(12)13)6-14-8(10)11/h7,10-13H,2-6H2,1H3/t7-/m1/s1. The maximum atomic E-state index is 8.42. The highest BCUT2D eigenvalue weighted by Crippen LogP contribution is 2.08. The smallest absolute Gasteiger partial charge is 0.110 e. The molecule has 0 aliphatic heterocycles. The van der Waals surface area contributed by atoms with Gasteiger partial charge >= 0.3 is 0 Å². The van der Waals surface area contributed by atoms with E-state index in [4.69, 9.17) is 20.8 Å². The van der Waals surface area contributed by atoms with E-state index in [0.717, 1.165) is 19.3 Å². The first-order valence-electron chi connectivity index (χ1n) is 4.71. The predicted octanol–water partition coefficient (Wildman–Crippen LogP) is 0.959. The van der Waals surface area contributed by atoms with E-state index in [1.807, 2.05) is 6.92 Å². The Hall–Kier alpha value is -0.320. The third-order valence-corrected chi connectivity index (χ3v) is 1.75. The highest BCUT2D eigenvalue weighted by Gasteiger charge is 2.14. The van der Waals surface area contributed by atoms with Crippen molar-refractivity contribution in [2.75, 3.05) is 6.61 Å². The van der Waals surface area contributed by atoms with E-state index >= 15 is 0 Å². The Morgan fingerprint density at radius 1 is 1.07 bits per heavy atom. The Morgan fingerprint density at radius 3 is 2.20 bits per heavy atom. The van der Waals surface area contributed by atoms with E-state index < -0.39 is 16.9 Å². The van der Waals surface area contributed by atoms with Crippen molar-refractivity contribution < 1.29 is 30.5 Å². The first kappa shape index (κ1) is 14.7. The summed E-state index contributed by atoms with van der Waals surface area (Å²) >= 11 is 0. The minimum atomic E-state index is -0.659. The van der Waals surface area contributed by atoms with Gasteiger partial charge in [0.1, 0.15) is 12.7 Å². The molecule has 0 fully saturated rings. The van der Waals surface area contributed by atoms with Crippen LogP contribution in [0.5, 0.6) is 0 Å². The van der Waals surface area contributed by atoms with E-state index in [9.17, 15) is 0 Å². The zero-order chi connectivity index (χ0) is 11.7. The summed E-state index contributed by atoms with van der Waals surface area (Å²) in [6.07, 6.45) is 2.66. The largest absolute Gasteiger partial charge is 0.266 e. The van der Waals surface area contributed by atoms with Gasteiger partial charge in [0.15, 0.2) is 0 Å². The highest BCUT2D eigenvalue weighted by atomic mass is 17.1. The Morgan fingerprint density at radius 2 is 1.73 bits per heavy atom. The fraction of sp³-hybridized carbons (Fsp3) is 1.00. The van der Waals surface area contributed by atoms with Crippen LogP contribution in [0.3, 0.4) is 0 Å². The molecule has 0 spiro atoms. The van der Waals surface area contributed by atoms with E-state index in [1.165, 1.54) is 0 Å². The monoisotopic (exact) mass is 226 g/mol. The van der Waals surface area contributed by atoms with Gasteiger partial charge < -0.3 is 0 Å². The van der Waals surface area contributed by atoms with Crippen LogP contribution in [-0.4, -0.2) is 44.3 Å². The van der Waals surface area contributed by atoms with Crippen molar-refractivity contribution in [2.24, 2.45) is 0 Å². The molecule has 92 valence electrons. The van der Waals surface area contributed by atoms with Crippen LogP contribution in [0.1, 0.15) is 32.6 Å². The van der Waals surface area contributed by atoms with Crippen molar-refractivity contribution in [3.63, 3.8) is 0 Å². The Balaban J connectivity index is 3.73. The summed E-state index contributed by atoms with van der Waals surface area (Å²) in [5.74, 6) is 0. The summed E-state index contributed by atoms with van der Waals surface area (Å²) < 4.78 is 0. The molecule has 0 aromatic heterocycles. The van der Waals surface area contributed by atoms with Crippen molar-refractivity contribution in [3.05, 3.63) is 0 Å². The quantitative estimate of drug-likeness (QED) is 0.340. The topological polar surface area (TPSA) is 106 Å². The predicted molar refractivity (Wildman–Crippen MR) is 45.8 cm³/mol. The molecule has 8 nitrogen and oxygen atoms in total. The molecule has 0 radical (unpaired) electrons. The van der Waals surface area contributed by atoms with Gasteiger partial charge in [-0.15, -0.1) is 0 Å². The third kappa shape index (κ3) is 9.97. The molecular formula is C7H18N2O6. The van der Waals surface area contributed by atoms with E-state index in [0.29, 0.717) is 6.42 Å². The van der Waals surface area contributed by atoms with Crippen molar-refractivity contribution >= 4 is 0 Å². The molecule has 4 N–H and O–H groups in total. The van der Waals surface area contributed by atoms with Gasteiger partial charge in [-0.3, -0.25) is 20.8 Å². The van der Waals surface area contributed by atoms with Gasteiger partial charge in [0, 0.05) is 0 Å². The summed E-state index contributed by atoms with van der Waals surface area (Å²) in [5.41, 5.74) is 0. The maximum absolute atomic E-state index is 8.42. The van der Waals surface area contributed by atoms with Crippen LogP contribution in [0.4, 0.5) is 0 Å². The summed E-state index contributed by atoms with van der Waals surface area (Å²) in [6.45, 7) is 1.83. The summed E-state index contributed by atoms with van der Waals surface area (Å²) in [7, 11) is 0. The van der Waals surface area contributed by atoms with Gasteiger partial charge in [0.25, 0.3) is 0 Å². The van der Waals surface area contributed by atoms with Gasteiger partial charge in [0.05, 0.1) is 10.8 Å². The zero-order valence-electron chi connectivity index (χ0n) is 8.61. The Kier molecular flexibility index (Phi) is 8.76. The molecule has 0 bridgehead atoms. The third-order valence-electron chi connectivity index (χ3n) is 1.75. The van der Waals surface area contributed by atoms with Gasteiger partial charge in [-0.2, -0.15) is 0 Å². The van der Waals surface area contributed by atoms with Crippen LogP contribution in [-0.2, 0) is 9.68 Å². The fourth-order valence-corrected chi connectivity index (χ4v) is 1.07. The van der Waals surface area contributed by atoms with Crippen molar-refractivity contribution in [1.29, 1.82) is 0 Å². The van der Waals surface area contributed by atoms with Crippen molar-refractivity contribution in [3.8, 4) is 0 Å². The van der Waals surface area contributed by atoms with Gasteiger partial charge in [-0.05, 0) is 6.42 Å². The molecule has 0 unspecified atom stereocenters. The molecule has 0 amide bonds. The summed E-state index contributed by atoms with van der Waals surface area (Å²) in [6, 6.07) is 0. The molecule has 0 heterocycles. The first-order chi connectivity index (χ1) is 7.06. The normalized spacial score (nSPS) is 13.8. The lowest BCUT2D eigenvalue weighted by molar-refractivity contribution is -0.527. The van der Waals surface area contributed by atoms with Crippen LogP contribution in [0.25, 0.3) is 0 Å². The SMILES string of the molecule is CCCCC[C@H](CON(O)O)ON(O)O. The van der Waals surface area contributed by atoms with Gasteiger partial charge in [0.2, 0.25) is 0 Å². The maximum Gasteiger partial charge on any atom is 0.110 e. The number of hydrogen-bond acceptors (Lipinski definition) is 8. The molecular weight excluding hydrogens is 208 g/mol. The molecule has 0 aromatic carbocycles. The minimum absolute atomic E-state index is 0.200. The molecule has 0 aliphatic rings. The average molecular weight is 226 g/mol. The minimum Gasteiger partial charge on any atom is -0.266 e. The van der Waals surface area contributed by atoms with Crippen LogP contribution < -0.4 is 0 Å². The molecule has 0 saturated heterocycles. The van der Waals surface area contributed by atoms with Crippen LogP contribution >= 0.6 is 0 Å². The second-order valence-electron chi connectivity index (χ2n) is 3.02. The molecule has 0 saturated carbocycles. The Bertz CT molecular complexity index is 145. The molecule has 8 heteroatoms. The lowest BCUT2D eigenvalue weighted by atomic mass is 10.1. The number of nitrogens with zero attached hydrogens (tertiary/aromatic N) is 2. The average Bonchev–Trinajstić information content (AvgIpc) is 2.13. The van der Waals surface area contributed by atoms with Gasteiger partial charge in [-0.1, -0.05) is 26.2 Å². The Labute approximate surface area is 87.6 Å². The fourth-order valence-electron chi connectivity index (χ4n) is 1.07. The second kappa shape index (κ2) is 8.95. The first-order valence-corrected chi connectivity index (χ1v) is 4.71. The van der Waals surface area contributed by atoms with Crippen LogP contribution in [0.2, 0.25) is 0 Å². The number of rotatable bonds is 9. The molecule has 0 rings (SSSR count). The lowest BCUT2D eigenvalue weighted by Gasteiger charge is -2.18. The molecule has 1 atom stereocenters. The molecule has 0 aromatic rings. The molecule has 0 aliphatic carbocycles. The van der Waals surface area contributed by atoms with Crippen molar-refractivity contribution in [1.82, 2.24) is 10.8 Å². The summed E-state index contributed by atoms with van der Waals surface area (Å²) in [4.78, 5) is 8.82.